The van der Waals surface area contributed by atoms with Crippen molar-refractivity contribution in [3.8, 4) is 0 Å². The molecule has 3 heterocycles. The Morgan fingerprint density at radius 1 is 1.32 bits per heavy atom. The predicted octanol–water partition coefficient (Wildman–Crippen LogP) is 1.38. The summed E-state index contributed by atoms with van der Waals surface area (Å²) >= 11 is 0. The monoisotopic (exact) mass is 261 g/mol. The standard InChI is InChI=1S/C13H19N5O/c1-19-9-11-3-2-7-17(8-6-11)13-5-4-12-15-14-10-18(12)16-13/h4-5,10-11H,2-3,6-9H2,1H3. The molecule has 2 aromatic rings. The normalized spacial score (nSPS) is 20.7. The van der Waals surface area contributed by atoms with Gasteiger partial charge in [0.15, 0.2) is 5.65 Å². The fraction of sp³-hybridized carbons (Fsp3) is 0.615. The number of hydrogen-bond donors (Lipinski definition) is 0. The molecule has 102 valence electrons. The lowest BCUT2D eigenvalue weighted by Crippen LogP contribution is -2.26. The maximum atomic E-state index is 5.27. The molecule has 0 aromatic carbocycles. The Bertz CT molecular complexity index is 541. The summed E-state index contributed by atoms with van der Waals surface area (Å²) in [6.45, 7) is 2.96. The summed E-state index contributed by atoms with van der Waals surface area (Å²) in [5.41, 5.74) is 0.788. The summed E-state index contributed by atoms with van der Waals surface area (Å²) in [5, 5.41) is 12.4. The van der Waals surface area contributed by atoms with Crippen LogP contribution in [0.1, 0.15) is 19.3 Å². The third-order valence-electron chi connectivity index (χ3n) is 3.72. The van der Waals surface area contributed by atoms with Crippen LogP contribution >= 0.6 is 0 Å². The van der Waals surface area contributed by atoms with Crippen LogP contribution in [0.2, 0.25) is 0 Å². The first-order valence-electron chi connectivity index (χ1n) is 6.78. The number of fused-ring (bicyclic) bond motifs is 1. The summed E-state index contributed by atoms with van der Waals surface area (Å²) < 4.78 is 7.00. The third kappa shape index (κ3) is 2.68. The molecule has 1 saturated heterocycles. The molecule has 0 aliphatic carbocycles. The van der Waals surface area contributed by atoms with Gasteiger partial charge in [0.1, 0.15) is 12.1 Å². The highest BCUT2D eigenvalue weighted by atomic mass is 16.5. The first-order chi connectivity index (χ1) is 9.36. The van der Waals surface area contributed by atoms with E-state index in [0.29, 0.717) is 5.92 Å². The van der Waals surface area contributed by atoms with Crippen molar-refractivity contribution in [1.29, 1.82) is 0 Å². The molecule has 0 spiro atoms. The zero-order chi connectivity index (χ0) is 13.1. The van der Waals surface area contributed by atoms with Crippen molar-refractivity contribution in [3.63, 3.8) is 0 Å². The molecule has 1 aliphatic rings. The SMILES string of the molecule is COCC1CCCN(c2ccc3nncn3n2)CC1. The number of rotatable bonds is 3. The van der Waals surface area contributed by atoms with Crippen molar-refractivity contribution >= 4 is 11.5 Å². The van der Waals surface area contributed by atoms with E-state index in [2.05, 4.69) is 20.2 Å². The summed E-state index contributed by atoms with van der Waals surface area (Å²) in [6.07, 6.45) is 5.23. The average molecular weight is 261 g/mol. The van der Waals surface area contributed by atoms with E-state index in [4.69, 9.17) is 4.74 Å². The van der Waals surface area contributed by atoms with Crippen molar-refractivity contribution in [1.82, 2.24) is 19.8 Å². The van der Waals surface area contributed by atoms with Gasteiger partial charge in [0, 0.05) is 26.8 Å². The number of aromatic nitrogens is 4. The first-order valence-corrected chi connectivity index (χ1v) is 6.78. The molecular weight excluding hydrogens is 242 g/mol. The minimum absolute atomic E-state index is 0.675. The smallest absolute Gasteiger partial charge is 0.177 e. The van der Waals surface area contributed by atoms with Crippen LogP contribution in [0, 0.1) is 5.92 Å². The van der Waals surface area contributed by atoms with E-state index >= 15 is 0 Å². The molecule has 1 unspecified atom stereocenters. The second-order valence-electron chi connectivity index (χ2n) is 5.06. The molecule has 1 fully saturated rings. The Kier molecular flexibility index (Phi) is 3.59. The van der Waals surface area contributed by atoms with Crippen molar-refractivity contribution < 1.29 is 4.74 Å². The van der Waals surface area contributed by atoms with Gasteiger partial charge in [-0.3, -0.25) is 0 Å². The molecular formula is C13H19N5O. The molecule has 19 heavy (non-hydrogen) atoms. The zero-order valence-corrected chi connectivity index (χ0v) is 11.2. The molecule has 0 radical (unpaired) electrons. The third-order valence-corrected chi connectivity index (χ3v) is 3.72. The molecule has 0 saturated carbocycles. The fourth-order valence-corrected chi connectivity index (χ4v) is 2.68. The Balaban J connectivity index is 1.74. The van der Waals surface area contributed by atoms with Crippen LogP contribution in [0.3, 0.4) is 0 Å². The second kappa shape index (κ2) is 5.52. The highest BCUT2D eigenvalue weighted by molar-refractivity contribution is 5.45. The molecule has 0 amide bonds. The van der Waals surface area contributed by atoms with Crippen LogP contribution < -0.4 is 4.90 Å². The lowest BCUT2D eigenvalue weighted by molar-refractivity contribution is 0.146. The minimum atomic E-state index is 0.675. The van der Waals surface area contributed by atoms with Crippen molar-refractivity contribution in [2.75, 3.05) is 31.7 Å². The largest absolute Gasteiger partial charge is 0.384 e. The summed E-state index contributed by atoms with van der Waals surface area (Å²) in [4.78, 5) is 2.34. The van der Waals surface area contributed by atoms with E-state index in [9.17, 15) is 0 Å². The van der Waals surface area contributed by atoms with Crippen molar-refractivity contribution in [2.45, 2.75) is 19.3 Å². The first kappa shape index (κ1) is 12.3. The molecule has 3 rings (SSSR count). The van der Waals surface area contributed by atoms with Crippen LogP contribution in [-0.2, 0) is 4.74 Å². The Labute approximate surface area is 112 Å². The number of anilines is 1. The average Bonchev–Trinajstić information content (AvgIpc) is 2.77. The molecule has 0 N–H and O–H groups in total. The Hall–Kier alpha value is -1.69. The van der Waals surface area contributed by atoms with Gasteiger partial charge in [-0.15, -0.1) is 15.3 Å². The minimum Gasteiger partial charge on any atom is -0.384 e. The topological polar surface area (TPSA) is 55.5 Å². The molecule has 1 aliphatic heterocycles. The van der Waals surface area contributed by atoms with Gasteiger partial charge in [-0.25, -0.2) is 0 Å². The predicted molar refractivity (Wildman–Crippen MR) is 72.2 cm³/mol. The van der Waals surface area contributed by atoms with Crippen LogP contribution in [0.15, 0.2) is 18.5 Å². The van der Waals surface area contributed by atoms with E-state index in [1.807, 2.05) is 12.1 Å². The lowest BCUT2D eigenvalue weighted by Gasteiger charge is -2.21. The van der Waals surface area contributed by atoms with E-state index < -0.39 is 0 Å². The quantitative estimate of drug-likeness (QED) is 0.835. The van der Waals surface area contributed by atoms with E-state index in [-0.39, 0.29) is 0 Å². The number of ether oxygens (including phenoxy) is 1. The van der Waals surface area contributed by atoms with Gasteiger partial charge < -0.3 is 9.64 Å². The zero-order valence-electron chi connectivity index (χ0n) is 11.2. The highest BCUT2D eigenvalue weighted by Crippen LogP contribution is 2.21. The Morgan fingerprint density at radius 3 is 3.16 bits per heavy atom. The van der Waals surface area contributed by atoms with Crippen molar-refractivity contribution in [2.24, 2.45) is 5.92 Å². The van der Waals surface area contributed by atoms with Crippen LogP contribution in [0.25, 0.3) is 5.65 Å². The van der Waals surface area contributed by atoms with E-state index in [1.165, 1.54) is 12.8 Å². The van der Waals surface area contributed by atoms with Gasteiger partial charge in [0.2, 0.25) is 0 Å². The number of methoxy groups -OCH3 is 1. The van der Waals surface area contributed by atoms with Gasteiger partial charge in [0.25, 0.3) is 0 Å². The summed E-state index contributed by atoms with van der Waals surface area (Å²) in [5.74, 6) is 1.68. The second-order valence-corrected chi connectivity index (χ2v) is 5.06. The fourth-order valence-electron chi connectivity index (χ4n) is 2.68. The van der Waals surface area contributed by atoms with Crippen LogP contribution in [0.5, 0.6) is 0 Å². The molecule has 1 atom stereocenters. The lowest BCUT2D eigenvalue weighted by atomic mass is 10.0. The van der Waals surface area contributed by atoms with Crippen molar-refractivity contribution in [3.05, 3.63) is 18.5 Å². The maximum absolute atomic E-state index is 5.27. The molecule has 0 bridgehead atoms. The van der Waals surface area contributed by atoms with Gasteiger partial charge >= 0.3 is 0 Å². The number of nitrogens with zero attached hydrogens (tertiary/aromatic N) is 5. The van der Waals surface area contributed by atoms with E-state index in [0.717, 1.165) is 37.6 Å². The number of hydrogen-bond acceptors (Lipinski definition) is 5. The maximum Gasteiger partial charge on any atom is 0.177 e. The molecule has 2 aromatic heterocycles. The van der Waals surface area contributed by atoms with Crippen LogP contribution in [0.4, 0.5) is 5.82 Å². The van der Waals surface area contributed by atoms with Gasteiger partial charge in [-0.2, -0.15) is 4.52 Å². The van der Waals surface area contributed by atoms with E-state index in [1.54, 1.807) is 18.0 Å². The highest BCUT2D eigenvalue weighted by Gasteiger charge is 2.18. The van der Waals surface area contributed by atoms with Crippen LogP contribution in [-0.4, -0.2) is 46.6 Å². The summed E-state index contributed by atoms with van der Waals surface area (Å²) in [7, 11) is 1.78. The van der Waals surface area contributed by atoms with Gasteiger partial charge in [-0.05, 0) is 37.3 Å². The van der Waals surface area contributed by atoms with Gasteiger partial charge in [-0.1, -0.05) is 0 Å². The van der Waals surface area contributed by atoms with Gasteiger partial charge in [0.05, 0.1) is 0 Å². The molecule has 6 nitrogen and oxygen atoms in total. The summed E-state index contributed by atoms with van der Waals surface area (Å²) in [6, 6.07) is 3.99. The molecule has 6 heteroatoms. The Morgan fingerprint density at radius 2 is 2.26 bits per heavy atom.